The first-order valence-corrected chi connectivity index (χ1v) is 7.17. The molecule has 2 N–H and O–H groups in total. The van der Waals surface area contributed by atoms with Gasteiger partial charge in [-0.25, -0.2) is 0 Å². The molecule has 1 aliphatic rings. The van der Waals surface area contributed by atoms with E-state index >= 15 is 0 Å². The second-order valence-corrected chi connectivity index (χ2v) is 5.87. The van der Waals surface area contributed by atoms with E-state index in [1.54, 1.807) is 11.3 Å². The van der Waals surface area contributed by atoms with Gasteiger partial charge < -0.3 is 10.6 Å². The lowest BCUT2D eigenvalue weighted by atomic mass is 10.4. The summed E-state index contributed by atoms with van der Waals surface area (Å²) in [6.45, 7) is 4.32. The number of thiophene rings is 1. The van der Waals surface area contributed by atoms with Crippen molar-refractivity contribution in [2.24, 2.45) is 5.92 Å². The van der Waals surface area contributed by atoms with Crippen LogP contribution in [0.2, 0.25) is 0 Å². The van der Waals surface area contributed by atoms with Crippen molar-refractivity contribution in [2.45, 2.75) is 19.4 Å². The highest BCUT2D eigenvalue weighted by atomic mass is 79.9. The fourth-order valence-electron chi connectivity index (χ4n) is 1.46. The van der Waals surface area contributed by atoms with Crippen LogP contribution in [0.5, 0.6) is 0 Å². The third-order valence-electron chi connectivity index (χ3n) is 2.59. The van der Waals surface area contributed by atoms with Gasteiger partial charge in [-0.05, 0) is 52.7 Å². The Morgan fingerprint density at radius 3 is 2.80 bits per heavy atom. The monoisotopic (exact) mass is 288 g/mol. The van der Waals surface area contributed by atoms with Crippen LogP contribution >= 0.6 is 27.3 Å². The lowest BCUT2D eigenvalue weighted by molar-refractivity contribution is 0.591. The Hall–Kier alpha value is 0.1000. The Morgan fingerprint density at radius 2 is 2.13 bits per heavy atom. The molecule has 0 spiro atoms. The summed E-state index contributed by atoms with van der Waals surface area (Å²) in [5.74, 6) is 0.983. The molecule has 2 rings (SSSR count). The van der Waals surface area contributed by atoms with E-state index < -0.39 is 0 Å². The van der Waals surface area contributed by atoms with Crippen molar-refractivity contribution in [3.8, 4) is 0 Å². The molecule has 4 heteroatoms. The molecular weight excluding hydrogens is 272 g/mol. The smallest absolute Gasteiger partial charge is 0.0327 e. The maximum atomic E-state index is 3.53. The van der Waals surface area contributed by atoms with Gasteiger partial charge in [0, 0.05) is 29.0 Å². The van der Waals surface area contributed by atoms with Gasteiger partial charge in [0.05, 0.1) is 0 Å². The molecule has 0 saturated heterocycles. The van der Waals surface area contributed by atoms with Gasteiger partial charge in [-0.3, -0.25) is 0 Å². The third kappa shape index (κ3) is 4.23. The van der Waals surface area contributed by atoms with Crippen molar-refractivity contribution in [2.75, 3.05) is 19.6 Å². The minimum absolute atomic E-state index is 0.976. The second-order valence-electron chi connectivity index (χ2n) is 4.02. The van der Waals surface area contributed by atoms with Gasteiger partial charge in [-0.1, -0.05) is 0 Å². The van der Waals surface area contributed by atoms with Crippen molar-refractivity contribution in [3.63, 3.8) is 0 Å². The predicted molar refractivity (Wildman–Crippen MR) is 69.3 cm³/mol. The third-order valence-corrected chi connectivity index (χ3v) is 4.51. The minimum atomic E-state index is 0.976. The van der Waals surface area contributed by atoms with Crippen LogP contribution in [0.3, 0.4) is 0 Å². The van der Waals surface area contributed by atoms with E-state index in [0.717, 1.165) is 25.6 Å². The summed E-state index contributed by atoms with van der Waals surface area (Å²) in [5.41, 5.74) is 0. The molecule has 1 saturated carbocycles. The molecule has 1 heterocycles. The molecule has 0 aliphatic heterocycles. The van der Waals surface area contributed by atoms with Crippen molar-refractivity contribution >= 4 is 27.3 Å². The van der Waals surface area contributed by atoms with Crippen molar-refractivity contribution in [3.05, 3.63) is 20.8 Å². The summed E-state index contributed by atoms with van der Waals surface area (Å²) >= 11 is 5.33. The van der Waals surface area contributed by atoms with Crippen LogP contribution < -0.4 is 10.6 Å². The van der Waals surface area contributed by atoms with Crippen LogP contribution in [0.25, 0.3) is 0 Å². The topological polar surface area (TPSA) is 24.1 Å². The molecule has 0 bridgehead atoms. The number of rotatable bonds is 7. The average Bonchev–Trinajstić information content (AvgIpc) is 2.96. The Morgan fingerprint density at radius 1 is 1.33 bits per heavy atom. The molecule has 15 heavy (non-hydrogen) atoms. The van der Waals surface area contributed by atoms with Gasteiger partial charge in [-0.15, -0.1) is 11.3 Å². The highest BCUT2D eigenvalue weighted by Crippen LogP contribution is 2.27. The van der Waals surface area contributed by atoms with E-state index in [1.807, 2.05) is 0 Å². The average molecular weight is 289 g/mol. The van der Waals surface area contributed by atoms with Crippen LogP contribution in [0, 0.1) is 5.92 Å². The van der Waals surface area contributed by atoms with Crippen LogP contribution in [-0.4, -0.2) is 19.6 Å². The molecule has 1 aromatic heterocycles. The van der Waals surface area contributed by atoms with Crippen molar-refractivity contribution < 1.29 is 0 Å². The summed E-state index contributed by atoms with van der Waals surface area (Å²) in [6, 6.07) is 2.10. The van der Waals surface area contributed by atoms with Crippen LogP contribution in [0.15, 0.2) is 15.9 Å². The van der Waals surface area contributed by atoms with E-state index in [0.29, 0.717) is 0 Å². The maximum absolute atomic E-state index is 3.53. The predicted octanol–water partition coefficient (Wildman–Crippen LogP) is 2.60. The summed E-state index contributed by atoms with van der Waals surface area (Å²) in [4.78, 5) is 1.39. The van der Waals surface area contributed by atoms with Gasteiger partial charge in [0.25, 0.3) is 0 Å². The van der Waals surface area contributed by atoms with Gasteiger partial charge in [0.15, 0.2) is 0 Å². The lowest BCUT2D eigenvalue weighted by Crippen LogP contribution is -2.28. The van der Waals surface area contributed by atoms with E-state index in [9.17, 15) is 0 Å². The maximum Gasteiger partial charge on any atom is 0.0327 e. The Kier molecular flexibility index (Phi) is 4.62. The van der Waals surface area contributed by atoms with Gasteiger partial charge >= 0.3 is 0 Å². The van der Waals surface area contributed by atoms with Gasteiger partial charge in [0.2, 0.25) is 0 Å². The Balaban J connectivity index is 1.49. The molecule has 0 radical (unpaired) electrons. The van der Waals surface area contributed by atoms with Crippen molar-refractivity contribution in [1.29, 1.82) is 0 Å². The quantitative estimate of drug-likeness (QED) is 0.754. The zero-order chi connectivity index (χ0) is 10.5. The molecule has 0 unspecified atom stereocenters. The number of hydrogen-bond acceptors (Lipinski definition) is 3. The highest BCUT2D eigenvalue weighted by molar-refractivity contribution is 9.10. The van der Waals surface area contributed by atoms with E-state index in [-0.39, 0.29) is 0 Å². The fraction of sp³-hybridized carbons (Fsp3) is 0.636. The minimum Gasteiger partial charge on any atom is -0.315 e. The summed E-state index contributed by atoms with van der Waals surface area (Å²) in [6.07, 6.45) is 2.87. The van der Waals surface area contributed by atoms with Gasteiger partial charge in [-0.2, -0.15) is 0 Å². The number of halogens is 1. The number of nitrogens with one attached hydrogen (secondary N) is 2. The molecule has 84 valence electrons. The normalized spacial score (nSPS) is 15.8. The first kappa shape index (κ1) is 11.6. The Labute approximate surface area is 104 Å². The molecule has 0 amide bonds. The molecule has 0 atom stereocenters. The first-order valence-electron chi connectivity index (χ1n) is 5.49. The molecule has 1 fully saturated rings. The standard InChI is InChI=1S/C11H17BrN2S/c12-10-3-6-15-11(10)8-14-5-4-13-7-9-1-2-9/h3,6,9,13-14H,1-2,4-5,7-8H2. The van der Waals surface area contributed by atoms with Crippen LogP contribution in [0.1, 0.15) is 17.7 Å². The second kappa shape index (κ2) is 5.99. The van der Waals surface area contributed by atoms with Crippen molar-refractivity contribution in [1.82, 2.24) is 10.6 Å². The van der Waals surface area contributed by atoms with E-state index in [2.05, 4.69) is 38.0 Å². The highest BCUT2D eigenvalue weighted by Gasteiger charge is 2.19. The SMILES string of the molecule is Brc1ccsc1CNCCNCC1CC1. The van der Waals surface area contributed by atoms with Gasteiger partial charge in [0.1, 0.15) is 0 Å². The van der Waals surface area contributed by atoms with E-state index in [1.165, 1.54) is 28.7 Å². The zero-order valence-electron chi connectivity index (χ0n) is 8.76. The largest absolute Gasteiger partial charge is 0.315 e. The molecule has 1 aromatic rings. The number of hydrogen-bond donors (Lipinski definition) is 2. The molecule has 1 aliphatic carbocycles. The van der Waals surface area contributed by atoms with Crippen LogP contribution in [0.4, 0.5) is 0 Å². The summed E-state index contributed by atoms with van der Waals surface area (Å²) < 4.78 is 1.23. The lowest BCUT2D eigenvalue weighted by Gasteiger charge is -2.05. The Bertz CT molecular complexity index is 297. The molecule has 0 aromatic carbocycles. The first-order chi connectivity index (χ1) is 7.36. The summed E-state index contributed by atoms with van der Waals surface area (Å²) in [7, 11) is 0. The fourth-order valence-corrected chi connectivity index (χ4v) is 2.92. The molecule has 2 nitrogen and oxygen atoms in total. The molecular formula is C11H17BrN2S. The zero-order valence-corrected chi connectivity index (χ0v) is 11.2. The summed E-state index contributed by atoms with van der Waals surface area (Å²) in [5, 5.41) is 9.03. The van der Waals surface area contributed by atoms with E-state index in [4.69, 9.17) is 0 Å². The van der Waals surface area contributed by atoms with Crippen LogP contribution in [-0.2, 0) is 6.54 Å².